The van der Waals surface area contributed by atoms with Gasteiger partial charge in [-0.3, -0.25) is 14.4 Å². The second-order valence-corrected chi connectivity index (χ2v) is 12.9. The third kappa shape index (κ3) is 4.10. The average molecular weight is 526 g/mol. The fraction of sp³-hybridized carbons (Fsp3) is 0.889. The van der Waals surface area contributed by atoms with Crippen LogP contribution in [-0.4, -0.2) is 35.8 Å². The third-order valence-electron chi connectivity index (χ3n) is 10.5. The van der Waals surface area contributed by atoms with Crippen LogP contribution in [0.15, 0.2) is 0 Å². The molecule has 0 bridgehead atoms. The molecule has 0 aromatic heterocycles. The molecule has 10 atom stereocenters. The van der Waals surface area contributed by atoms with Gasteiger partial charge < -0.3 is 9.47 Å². The predicted molar refractivity (Wildman–Crippen MR) is 130 cm³/mol. The number of carbonyl (C=O) groups excluding carboxylic acids is 3. The number of rotatable bonds is 5. The Balaban J connectivity index is 1.55. The summed E-state index contributed by atoms with van der Waals surface area (Å²) >= 11 is 3.96. The Kier molecular flexibility index (Phi) is 7.08. The second kappa shape index (κ2) is 9.28. The molecular weight excluding hydrogens is 484 g/mol. The fourth-order valence-electron chi connectivity index (χ4n) is 8.92. The molecule has 0 radical (unpaired) electrons. The van der Waals surface area contributed by atoms with E-state index in [1.165, 1.54) is 20.5 Å². The number of fused-ring (bicyclic) bond motifs is 5. The van der Waals surface area contributed by atoms with Crippen molar-refractivity contribution in [3.8, 4) is 0 Å². The lowest BCUT2D eigenvalue weighted by atomic mass is 9.44. The van der Waals surface area contributed by atoms with Gasteiger partial charge in [0.15, 0.2) is 5.78 Å². The molecule has 0 aromatic carbocycles. The van der Waals surface area contributed by atoms with Crippen LogP contribution in [0.5, 0.6) is 0 Å². The molecule has 0 aromatic rings. The van der Waals surface area contributed by atoms with Gasteiger partial charge in [0.05, 0.1) is 11.9 Å². The van der Waals surface area contributed by atoms with Crippen molar-refractivity contribution < 1.29 is 23.9 Å². The fourth-order valence-corrected chi connectivity index (χ4v) is 10.4. The van der Waals surface area contributed by atoms with Crippen molar-refractivity contribution in [1.82, 2.24) is 0 Å². The summed E-state index contributed by atoms with van der Waals surface area (Å²) in [4.78, 5) is 37.2. The Morgan fingerprint density at radius 1 is 1.15 bits per heavy atom. The largest absolute Gasteiger partial charge is 0.469 e. The van der Waals surface area contributed by atoms with Crippen LogP contribution in [0.1, 0.15) is 85.5 Å². The van der Waals surface area contributed by atoms with Gasteiger partial charge in [-0.15, -0.1) is 0 Å². The lowest BCUT2D eigenvalue weighted by Crippen LogP contribution is -2.62. The average Bonchev–Trinajstić information content (AvgIpc) is 3.13. The number of hydrogen-bond acceptors (Lipinski definition) is 5. The second-order valence-electron chi connectivity index (χ2n) is 11.9. The molecule has 4 aliphatic carbocycles. The SMILES string of the molecule is COC(=O)CC[C@H](C)[C@@H]1CC[C@@H]2[C@@H]3CC[C@@H]4C[C@H](OC(C)=O)CC[C@]4(C)[C@H]3[C@H](Br)C(=O)[C@@]21C. The van der Waals surface area contributed by atoms with Gasteiger partial charge in [-0.2, -0.15) is 0 Å². The van der Waals surface area contributed by atoms with E-state index in [0.717, 1.165) is 44.9 Å². The van der Waals surface area contributed by atoms with Crippen molar-refractivity contribution in [3.05, 3.63) is 0 Å². The van der Waals surface area contributed by atoms with Crippen LogP contribution in [0.2, 0.25) is 0 Å². The Morgan fingerprint density at radius 3 is 2.55 bits per heavy atom. The van der Waals surface area contributed by atoms with E-state index >= 15 is 0 Å². The van der Waals surface area contributed by atoms with Crippen LogP contribution in [0.25, 0.3) is 0 Å². The molecule has 0 N–H and O–H groups in total. The number of Topliss-reactive ketones (excluding diaryl/α,β-unsaturated/α-hetero) is 1. The standard InChI is InChI=1S/C27H41BrO5/c1-15(6-11-22(30)32-5)20-9-10-21-19-8-7-17-14-18(33-16(2)29)12-13-26(17,3)23(19)24(28)25(31)27(20,21)4/h15,17-21,23-24H,6-14H2,1-5H3/t15-,17+,18+,19-,20-,21+,23+,24-,26-,27+/m0/s1. The molecule has 0 saturated heterocycles. The van der Waals surface area contributed by atoms with Gasteiger partial charge in [0, 0.05) is 18.8 Å². The molecule has 4 saturated carbocycles. The zero-order valence-corrected chi connectivity index (χ0v) is 22.5. The van der Waals surface area contributed by atoms with E-state index in [-0.39, 0.29) is 33.7 Å². The molecule has 0 aliphatic heterocycles. The van der Waals surface area contributed by atoms with Crippen molar-refractivity contribution >= 4 is 33.7 Å². The van der Waals surface area contributed by atoms with Crippen molar-refractivity contribution in [2.24, 2.45) is 46.3 Å². The van der Waals surface area contributed by atoms with E-state index < -0.39 is 0 Å². The minimum Gasteiger partial charge on any atom is -0.469 e. The maximum Gasteiger partial charge on any atom is 0.305 e. The topological polar surface area (TPSA) is 69.7 Å². The van der Waals surface area contributed by atoms with Crippen molar-refractivity contribution in [3.63, 3.8) is 0 Å². The van der Waals surface area contributed by atoms with Crippen LogP contribution in [-0.2, 0) is 23.9 Å². The normalized spacial score (nSPS) is 45.4. The van der Waals surface area contributed by atoms with Gasteiger partial charge in [-0.05, 0) is 92.3 Å². The molecule has 0 unspecified atom stereocenters. The highest BCUT2D eigenvalue weighted by Gasteiger charge is 2.66. The molecule has 0 spiro atoms. The Morgan fingerprint density at radius 2 is 1.88 bits per heavy atom. The van der Waals surface area contributed by atoms with E-state index in [1.807, 2.05) is 0 Å². The predicted octanol–water partition coefficient (Wildman–Crippen LogP) is 5.72. The molecule has 0 amide bonds. The van der Waals surface area contributed by atoms with Crippen LogP contribution in [0.4, 0.5) is 0 Å². The summed E-state index contributed by atoms with van der Waals surface area (Å²) in [7, 11) is 1.44. The van der Waals surface area contributed by atoms with Crippen molar-refractivity contribution in [2.45, 2.75) is 96.4 Å². The van der Waals surface area contributed by atoms with Crippen LogP contribution < -0.4 is 0 Å². The van der Waals surface area contributed by atoms with Crippen molar-refractivity contribution in [1.29, 1.82) is 0 Å². The first kappa shape index (κ1) is 25.2. The van der Waals surface area contributed by atoms with Crippen molar-refractivity contribution in [2.75, 3.05) is 7.11 Å². The third-order valence-corrected chi connectivity index (χ3v) is 11.5. The zero-order chi connectivity index (χ0) is 24.1. The lowest BCUT2D eigenvalue weighted by molar-refractivity contribution is -0.165. The Bertz CT molecular complexity index is 797. The molecule has 5 nitrogen and oxygen atoms in total. The quantitative estimate of drug-likeness (QED) is 0.339. The molecule has 0 heterocycles. The molecular formula is C27H41BrO5. The van der Waals surface area contributed by atoms with Gasteiger partial charge in [0.25, 0.3) is 0 Å². The van der Waals surface area contributed by atoms with E-state index in [0.29, 0.717) is 47.7 Å². The molecule has 33 heavy (non-hydrogen) atoms. The smallest absolute Gasteiger partial charge is 0.305 e. The summed E-state index contributed by atoms with van der Waals surface area (Å²) in [6.45, 7) is 8.37. The number of alkyl halides is 1. The summed E-state index contributed by atoms with van der Waals surface area (Å²) in [5, 5.41) is 0. The molecule has 4 rings (SSSR count). The lowest BCUT2D eigenvalue weighted by Gasteiger charge is -2.62. The maximum absolute atomic E-state index is 14.1. The first-order valence-corrected chi connectivity index (χ1v) is 13.9. The summed E-state index contributed by atoms with van der Waals surface area (Å²) in [6, 6.07) is 0. The summed E-state index contributed by atoms with van der Waals surface area (Å²) in [6.07, 6.45) is 8.62. The Hall–Kier alpha value is -0.910. The van der Waals surface area contributed by atoms with Crippen LogP contribution in [0.3, 0.4) is 0 Å². The van der Waals surface area contributed by atoms with E-state index in [1.54, 1.807) is 0 Å². The van der Waals surface area contributed by atoms with E-state index in [9.17, 15) is 14.4 Å². The van der Waals surface area contributed by atoms with E-state index in [2.05, 4.69) is 36.7 Å². The molecule has 186 valence electrons. The molecule has 4 aliphatic rings. The Labute approximate surface area is 207 Å². The van der Waals surface area contributed by atoms with E-state index in [4.69, 9.17) is 9.47 Å². The maximum atomic E-state index is 14.1. The van der Waals surface area contributed by atoms with Gasteiger partial charge in [-0.25, -0.2) is 0 Å². The van der Waals surface area contributed by atoms with Gasteiger partial charge >= 0.3 is 11.9 Å². The number of esters is 2. The minimum atomic E-state index is -0.316. The number of ketones is 1. The molecule has 4 fully saturated rings. The first-order chi connectivity index (χ1) is 15.5. The highest BCUT2D eigenvalue weighted by molar-refractivity contribution is 9.10. The summed E-state index contributed by atoms with van der Waals surface area (Å²) < 4.78 is 10.4. The minimum absolute atomic E-state index is 0.0296. The number of halogens is 1. The van der Waals surface area contributed by atoms with Gasteiger partial charge in [-0.1, -0.05) is 36.7 Å². The number of ether oxygens (including phenoxy) is 2. The summed E-state index contributed by atoms with van der Waals surface area (Å²) in [5.74, 6) is 2.54. The number of carbonyl (C=O) groups is 3. The molecule has 6 heteroatoms. The summed E-state index contributed by atoms with van der Waals surface area (Å²) in [5.41, 5.74) is -0.206. The highest BCUT2D eigenvalue weighted by atomic mass is 79.9. The van der Waals surface area contributed by atoms with Crippen LogP contribution >= 0.6 is 15.9 Å². The van der Waals surface area contributed by atoms with Gasteiger partial charge in [0.2, 0.25) is 0 Å². The number of methoxy groups -OCH3 is 1. The van der Waals surface area contributed by atoms with Crippen LogP contribution in [0, 0.1) is 46.3 Å². The zero-order valence-electron chi connectivity index (χ0n) is 20.9. The van der Waals surface area contributed by atoms with Gasteiger partial charge in [0.1, 0.15) is 6.10 Å². The first-order valence-electron chi connectivity index (χ1n) is 13.0. The highest BCUT2D eigenvalue weighted by Crippen LogP contribution is 2.68. The monoisotopic (exact) mass is 524 g/mol. The number of hydrogen-bond donors (Lipinski definition) is 0.